The van der Waals surface area contributed by atoms with E-state index in [0.717, 1.165) is 41.3 Å². The molecular weight excluding hydrogens is 318 g/mol. The summed E-state index contributed by atoms with van der Waals surface area (Å²) in [5.74, 6) is 1.68. The summed E-state index contributed by atoms with van der Waals surface area (Å²) in [6.45, 7) is 6.47. The van der Waals surface area contributed by atoms with Crippen molar-refractivity contribution in [3.05, 3.63) is 41.3 Å². The van der Waals surface area contributed by atoms with Crippen LogP contribution in [0.15, 0.2) is 33.8 Å². The number of nitrogens with zero attached hydrogens (tertiary/aromatic N) is 3. The lowest BCUT2D eigenvalue weighted by atomic mass is 9.96. The molecule has 0 unspecified atom stereocenters. The number of aryl methyl sites for hydroxylation is 1. The summed E-state index contributed by atoms with van der Waals surface area (Å²) in [4.78, 5) is 19.0. The molecule has 2 aliphatic heterocycles. The quantitative estimate of drug-likeness (QED) is 0.841. The van der Waals surface area contributed by atoms with Gasteiger partial charge in [-0.25, -0.2) is 0 Å². The van der Waals surface area contributed by atoms with Gasteiger partial charge >= 0.3 is 0 Å². The molecule has 0 saturated carbocycles. The molecule has 1 fully saturated rings. The lowest BCUT2D eigenvalue weighted by Gasteiger charge is -2.30. The van der Waals surface area contributed by atoms with Crippen LogP contribution in [0.4, 0.5) is 0 Å². The Balaban J connectivity index is 1.91. The van der Waals surface area contributed by atoms with E-state index in [1.54, 1.807) is 6.92 Å². The Labute approximate surface area is 146 Å². The molecule has 0 bridgehead atoms. The minimum Gasteiger partial charge on any atom is -0.378 e. The van der Waals surface area contributed by atoms with Gasteiger partial charge in [-0.1, -0.05) is 29.4 Å². The van der Waals surface area contributed by atoms with E-state index in [2.05, 4.69) is 22.2 Å². The van der Waals surface area contributed by atoms with Crippen molar-refractivity contribution >= 4 is 11.6 Å². The van der Waals surface area contributed by atoms with E-state index in [1.165, 1.54) is 0 Å². The Bertz CT molecular complexity index is 834. The van der Waals surface area contributed by atoms with Crippen LogP contribution in [0.25, 0.3) is 11.1 Å². The third-order valence-corrected chi connectivity index (χ3v) is 4.70. The minimum atomic E-state index is -0.348. The van der Waals surface area contributed by atoms with Gasteiger partial charge in [-0.2, -0.15) is 0 Å². The summed E-state index contributed by atoms with van der Waals surface area (Å²) in [7, 11) is 0. The summed E-state index contributed by atoms with van der Waals surface area (Å²) in [6, 6.07) is 7.83. The molecule has 6 nitrogen and oxygen atoms in total. The van der Waals surface area contributed by atoms with Crippen molar-refractivity contribution in [3.63, 3.8) is 0 Å². The first-order chi connectivity index (χ1) is 12.1. The number of hydrogen-bond donors (Lipinski definition) is 0. The van der Waals surface area contributed by atoms with Crippen molar-refractivity contribution in [3.8, 4) is 11.1 Å². The number of amidine groups is 1. The van der Waals surface area contributed by atoms with E-state index in [0.29, 0.717) is 25.4 Å². The second-order valence-corrected chi connectivity index (χ2v) is 6.53. The normalized spacial score (nSPS) is 19.7. The Morgan fingerprint density at radius 2 is 1.96 bits per heavy atom. The molecule has 130 valence electrons. The van der Waals surface area contributed by atoms with Crippen LogP contribution in [0.2, 0.25) is 0 Å². The minimum absolute atomic E-state index is 0.0843. The first-order valence-corrected chi connectivity index (χ1v) is 8.61. The Kier molecular flexibility index (Phi) is 4.13. The smallest absolute Gasteiger partial charge is 0.169 e. The molecule has 2 aromatic rings. The Morgan fingerprint density at radius 1 is 1.24 bits per heavy atom. The first-order valence-electron chi connectivity index (χ1n) is 8.61. The SMILES string of the molecule is CC(=O)C[C@@H]1N=C(N2CCOCC2)c2ccccc2-c2c(C)noc21. The van der Waals surface area contributed by atoms with Crippen LogP contribution in [-0.4, -0.2) is 48.0 Å². The van der Waals surface area contributed by atoms with E-state index < -0.39 is 0 Å². The largest absolute Gasteiger partial charge is 0.378 e. The number of rotatable bonds is 2. The number of Topliss-reactive ketones (excluding diaryl/α,β-unsaturated/α-hetero) is 1. The zero-order chi connectivity index (χ0) is 17.4. The van der Waals surface area contributed by atoms with Gasteiger partial charge in [0, 0.05) is 25.1 Å². The lowest BCUT2D eigenvalue weighted by molar-refractivity contribution is -0.117. The standard InChI is InChI=1S/C19H21N3O3/c1-12(23)11-16-18-17(13(2)21-25-18)14-5-3-4-6-15(14)19(20-16)22-7-9-24-10-8-22/h3-6,16H,7-11H2,1-2H3/t16-/m0/s1. The summed E-state index contributed by atoms with van der Waals surface area (Å²) in [5.41, 5.74) is 3.92. The number of aliphatic imine (C=N–C) groups is 1. The van der Waals surface area contributed by atoms with Crippen LogP contribution in [-0.2, 0) is 9.53 Å². The number of carbonyl (C=O) groups is 1. The molecule has 0 radical (unpaired) electrons. The Hall–Kier alpha value is -2.47. The molecule has 0 N–H and O–H groups in total. The van der Waals surface area contributed by atoms with E-state index in [-0.39, 0.29) is 11.8 Å². The van der Waals surface area contributed by atoms with Gasteiger partial charge in [-0.3, -0.25) is 9.79 Å². The molecule has 4 rings (SSSR count). The molecule has 1 saturated heterocycles. The van der Waals surface area contributed by atoms with Gasteiger partial charge in [-0.15, -0.1) is 0 Å². The molecule has 2 aliphatic rings. The number of morpholine rings is 1. The highest BCUT2D eigenvalue weighted by Gasteiger charge is 2.32. The fourth-order valence-corrected chi connectivity index (χ4v) is 3.55. The Morgan fingerprint density at radius 3 is 2.68 bits per heavy atom. The number of ketones is 1. The number of aromatic nitrogens is 1. The zero-order valence-corrected chi connectivity index (χ0v) is 14.5. The van der Waals surface area contributed by atoms with Crippen molar-refractivity contribution in [2.45, 2.75) is 26.3 Å². The zero-order valence-electron chi connectivity index (χ0n) is 14.5. The highest BCUT2D eigenvalue weighted by Crippen LogP contribution is 2.40. The number of fused-ring (bicyclic) bond motifs is 3. The van der Waals surface area contributed by atoms with Crippen molar-refractivity contribution in [1.29, 1.82) is 0 Å². The molecule has 1 aromatic carbocycles. The van der Waals surface area contributed by atoms with E-state index in [4.69, 9.17) is 14.3 Å². The number of hydrogen-bond acceptors (Lipinski definition) is 6. The van der Waals surface area contributed by atoms with Crippen molar-refractivity contribution in [2.75, 3.05) is 26.3 Å². The highest BCUT2D eigenvalue weighted by molar-refractivity contribution is 6.06. The maximum Gasteiger partial charge on any atom is 0.169 e. The fraction of sp³-hybridized carbons (Fsp3) is 0.421. The molecule has 25 heavy (non-hydrogen) atoms. The maximum atomic E-state index is 11.8. The predicted molar refractivity (Wildman–Crippen MR) is 93.6 cm³/mol. The van der Waals surface area contributed by atoms with Crippen LogP contribution in [0.1, 0.15) is 36.4 Å². The van der Waals surface area contributed by atoms with Crippen LogP contribution in [0.5, 0.6) is 0 Å². The van der Waals surface area contributed by atoms with Crippen LogP contribution < -0.4 is 0 Å². The number of ether oxygens (including phenoxy) is 1. The molecule has 1 atom stereocenters. The summed E-state index contributed by atoms with van der Waals surface area (Å²) in [5, 5.41) is 4.14. The average Bonchev–Trinajstić information content (AvgIpc) is 2.94. The monoisotopic (exact) mass is 339 g/mol. The molecule has 3 heterocycles. The molecule has 1 aromatic heterocycles. The van der Waals surface area contributed by atoms with Crippen molar-refractivity contribution < 1.29 is 14.1 Å². The third kappa shape index (κ3) is 2.87. The maximum absolute atomic E-state index is 11.8. The van der Waals surface area contributed by atoms with E-state index in [1.807, 2.05) is 19.1 Å². The van der Waals surface area contributed by atoms with Gasteiger partial charge in [0.15, 0.2) is 5.76 Å². The summed E-state index contributed by atoms with van der Waals surface area (Å²) in [6.07, 6.45) is 0.309. The second kappa shape index (κ2) is 6.44. The van der Waals surface area contributed by atoms with Gasteiger partial charge < -0.3 is 14.2 Å². The topological polar surface area (TPSA) is 67.9 Å². The van der Waals surface area contributed by atoms with E-state index >= 15 is 0 Å². The fourth-order valence-electron chi connectivity index (χ4n) is 3.55. The van der Waals surface area contributed by atoms with Crippen LogP contribution in [0.3, 0.4) is 0 Å². The van der Waals surface area contributed by atoms with Crippen LogP contribution in [0, 0.1) is 6.92 Å². The van der Waals surface area contributed by atoms with Gasteiger partial charge in [0.25, 0.3) is 0 Å². The number of carbonyl (C=O) groups excluding carboxylic acids is 1. The van der Waals surface area contributed by atoms with Crippen molar-refractivity contribution in [1.82, 2.24) is 10.1 Å². The van der Waals surface area contributed by atoms with Crippen LogP contribution >= 0.6 is 0 Å². The second-order valence-electron chi connectivity index (χ2n) is 6.53. The first kappa shape index (κ1) is 16.0. The van der Waals surface area contributed by atoms with Gasteiger partial charge in [0.1, 0.15) is 17.7 Å². The third-order valence-electron chi connectivity index (χ3n) is 4.70. The number of benzene rings is 1. The molecule has 0 spiro atoms. The van der Waals surface area contributed by atoms with Gasteiger partial charge in [0.05, 0.1) is 24.5 Å². The molecule has 6 heteroatoms. The van der Waals surface area contributed by atoms with Crippen molar-refractivity contribution in [2.24, 2.45) is 4.99 Å². The van der Waals surface area contributed by atoms with Gasteiger partial charge in [0.2, 0.25) is 0 Å². The molecule has 0 aliphatic carbocycles. The summed E-state index contributed by atoms with van der Waals surface area (Å²) < 4.78 is 11.1. The summed E-state index contributed by atoms with van der Waals surface area (Å²) >= 11 is 0. The lowest BCUT2D eigenvalue weighted by Crippen LogP contribution is -2.41. The van der Waals surface area contributed by atoms with E-state index in [9.17, 15) is 4.79 Å². The molecule has 0 amide bonds. The predicted octanol–water partition coefficient (Wildman–Crippen LogP) is 2.76. The molecular formula is C19H21N3O3. The van der Waals surface area contributed by atoms with Gasteiger partial charge in [-0.05, 0) is 19.4 Å². The highest BCUT2D eigenvalue weighted by atomic mass is 16.5. The average molecular weight is 339 g/mol.